The van der Waals surface area contributed by atoms with E-state index in [0.717, 1.165) is 36.1 Å². The van der Waals surface area contributed by atoms with E-state index in [1.165, 1.54) is 19.3 Å². The summed E-state index contributed by atoms with van der Waals surface area (Å²) in [6, 6.07) is 6.11. The number of amides is 1. The van der Waals surface area contributed by atoms with Crippen molar-refractivity contribution in [1.82, 2.24) is 14.7 Å². The second-order valence-corrected chi connectivity index (χ2v) is 9.33. The first-order chi connectivity index (χ1) is 16.6. The first kappa shape index (κ1) is 24.5. The number of nitrogens with zero attached hydrogens (tertiary/aromatic N) is 4. The summed E-state index contributed by atoms with van der Waals surface area (Å²) in [4.78, 5) is 34.8. The summed E-state index contributed by atoms with van der Waals surface area (Å²) in [7, 11) is 1.93. The van der Waals surface area contributed by atoms with Gasteiger partial charge >= 0.3 is 0 Å². The van der Waals surface area contributed by atoms with E-state index in [2.05, 4.69) is 9.89 Å². The highest BCUT2D eigenvalue weighted by Gasteiger charge is 2.30. The van der Waals surface area contributed by atoms with Crippen LogP contribution < -0.4 is 10.5 Å². The SMILES string of the molecule is CN(C(=O)CCCOc1ccc2c(c1)CN(C(C=O)N1CCOCC1)C(N)=N2)C1CCCCC1. The molecule has 1 unspecified atom stereocenters. The van der Waals surface area contributed by atoms with Crippen LogP contribution in [0.3, 0.4) is 0 Å². The predicted molar refractivity (Wildman–Crippen MR) is 130 cm³/mol. The average Bonchev–Trinajstić information content (AvgIpc) is 2.88. The van der Waals surface area contributed by atoms with Gasteiger partial charge in [0.25, 0.3) is 0 Å². The third kappa shape index (κ3) is 5.88. The van der Waals surface area contributed by atoms with Crippen molar-refractivity contribution in [3.05, 3.63) is 23.8 Å². The molecule has 2 aliphatic heterocycles. The Kier molecular flexibility index (Phi) is 8.39. The van der Waals surface area contributed by atoms with E-state index >= 15 is 0 Å². The second-order valence-electron chi connectivity index (χ2n) is 9.33. The molecule has 4 rings (SSSR count). The lowest BCUT2D eigenvalue weighted by Gasteiger charge is -2.40. The second kappa shape index (κ2) is 11.7. The average molecular weight is 472 g/mol. The Bertz CT molecular complexity index is 880. The minimum atomic E-state index is -0.474. The molecule has 0 spiro atoms. The molecule has 0 bridgehead atoms. The van der Waals surface area contributed by atoms with Crippen molar-refractivity contribution in [3.63, 3.8) is 0 Å². The van der Waals surface area contributed by atoms with Crippen LogP contribution in [0.1, 0.15) is 50.5 Å². The van der Waals surface area contributed by atoms with Gasteiger partial charge in [0.2, 0.25) is 5.91 Å². The van der Waals surface area contributed by atoms with Gasteiger partial charge in [-0.2, -0.15) is 0 Å². The molecule has 0 radical (unpaired) electrons. The van der Waals surface area contributed by atoms with Crippen LogP contribution >= 0.6 is 0 Å². The zero-order chi connectivity index (χ0) is 23.9. The third-order valence-electron chi connectivity index (χ3n) is 7.10. The van der Waals surface area contributed by atoms with Crippen molar-refractivity contribution in [3.8, 4) is 5.75 Å². The maximum atomic E-state index is 12.5. The van der Waals surface area contributed by atoms with E-state index < -0.39 is 6.17 Å². The molecule has 186 valence electrons. The van der Waals surface area contributed by atoms with Crippen molar-refractivity contribution in [1.29, 1.82) is 0 Å². The molecule has 1 aliphatic carbocycles. The number of carbonyl (C=O) groups is 2. The van der Waals surface area contributed by atoms with Gasteiger partial charge in [-0.05, 0) is 37.5 Å². The van der Waals surface area contributed by atoms with Gasteiger partial charge in [0.05, 0.1) is 32.1 Å². The molecule has 34 heavy (non-hydrogen) atoms. The Labute approximate surface area is 201 Å². The van der Waals surface area contributed by atoms with Gasteiger partial charge in [-0.25, -0.2) is 4.99 Å². The maximum Gasteiger partial charge on any atom is 0.222 e. The summed E-state index contributed by atoms with van der Waals surface area (Å²) in [5.41, 5.74) is 7.96. The van der Waals surface area contributed by atoms with Gasteiger partial charge in [0.1, 0.15) is 11.9 Å². The molecule has 3 aliphatic rings. The van der Waals surface area contributed by atoms with Crippen molar-refractivity contribution >= 4 is 23.8 Å². The Morgan fingerprint density at radius 3 is 2.79 bits per heavy atom. The maximum absolute atomic E-state index is 12.5. The molecule has 1 aromatic carbocycles. The standard InChI is InChI=1S/C25H37N5O4/c1-28(20-6-3-2-4-7-20)24(32)8-5-13-34-21-9-10-22-19(16-21)17-30(25(26)27-22)23(18-31)29-11-14-33-15-12-29/h9-10,16,18,20,23H,2-8,11-15,17H2,1H3,(H2,26,27). The lowest BCUT2D eigenvalue weighted by atomic mass is 9.94. The lowest BCUT2D eigenvalue weighted by Crippen LogP contribution is -2.57. The van der Waals surface area contributed by atoms with Gasteiger partial charge in [-0.15, -0.1) is 0 Å². The van der Waals surface area contributed by atoms with Gasteiger partial charge in [-0.1, -0.05) is 19.3 Å². The fourth-order valence-electron chi connectivity index (χ4n) is 5.03. The van der Waals surface area contributed by atoms with Crippen molar-refractivity contribution in [2.45, 2.75) is 63.7 Å². The van der Waals surface area contributed by atoms with Crippen LogP contribution in [0, 0.1) is 0 Å². The summed E-state index contributed by atoms with van der Waals surface area (Å²) in [6.45, 7) is 3.51. The van der Waals surface area contributed by atoms with E-state index in [4.69, 9.17) is 15.2 Å². The Hall–Kier alpha value is -2.65. The molecule has 1 amide bonds. The molecular formula is C25H37N5O4. The number of aliphatic imine (C=N–C) groups is 1. The van der Waals surface area contributed by atoms with Gasteiger partial charge in [0, 0.05) is 38.2 Å². The van der Waals surface area contributed by atoms with E-state index in [9.17, 15) is 9.59 Å². The Balaban J connectivity index is 1.30. The number of ether oxygens (including phenoxy) is 2. The molecule has 9 heteroatoms. The van der Waals surface area contributed by atoms with Crippen LogP contribution in [-0.4, -0.2) is 85.0 Å². The zero-order valence-corrected chi connectivity index (χ0v) is 20.2. The minimum absolute atomic E-state index is 0.199. The Morgan fingerprint density at radius 2 is 2.06 bits per heavy atom. The summed E-state index contributed by atoms with van der Waals surface area (Å²) in [5.74, 6) is 1.27. The normalized spacial score (nSPS) is 20.3. The largest absolute Gasteiger partial charge is 0.494 e. The fraction of sp³-hybridized carbons (Fsp3) is 0.640. The van der Waals surface area contributed by atoms with Crippen molar-refractivity contribution < 1.29 is 19.1 Å². The number of nitrogens with two attached hydrogens (primary N) is 1. The first-order valence-electron chi connectivity index (χ1n) is 12.5. The molecule has 2 fully saturated rings. The highest BCUT2D eigenvalue weighted by molar-refractivity contribution is 5.86. The van der Waals surface area contributed by atoms with Crippen LogP contribution in [0.25, 0.3) is 0 Å². The smallest absolute Gasteiger partial charge is 0.222 e. The number of rotatable bonds is 9. The highest BCUT2D eigenvalue weighted by Crippen LogP contribution is 2.30. The lowest BCUT2D eigenvalue weighted by molar-refractivity contribution is -0.132. The minimum Gasteiger partial charge on any atom is -0.494 e. The number of guanidine groups is 1. The van der Waals surface area contributed by atoms with E-state index in [-0.39, 0.29) is 5.91 Å². The first-order valence-corrected chi connectivity index (χ1v) is 12.5. The van der Waals surface area contributed by atoms with Crippen LogP contribution in [0.2, 0.25) is 0 Å². The molecule has 2 heterocycles. The number of hydrogen-bond acceptors (Lipinski definition) is 8. The number of fused-ring (bicyclic) bond motifs is 1. The predicted octanol–water partition coefficient (Wildman–Crippen LogP) is 2.26. The molecule has 1 saturated heterocycles. The number of morpholine rings is 1. The van der Waals surface area contributed by atoms with Crippen LogP contribution in [0.5, 0.6) is 5.75 Å². The Morgan fingerprint density at radius 1 is 1.29 bits per heavy atom. The topological polar surface area (TPSA) is 101 Å². The number of benzene rings is 1. The van der Waals surface area contributed by atoms with Crippen molar-refractivity contribution in [2.24, 2.45) is 10.7 Å². The molecular weight excluding hydrogens is 434 g/mol. The molecule has 0 aromatic heterocycles. The van der Waals surface area contributed by atoms with Crippen LogP contribution in [-0.2, 0) is 20.9 Å². The van der Waals surface area contributed by atoms with Gasteiger partial charge in [0.15, 0.2) is 12.2 Å². The molecule has 1 atom stereocenters. The quantitative estimate of drug-likeness (QED) is 0.435. The summed E-state index contributed by atoms with van der Waals surface area (Å²) in [5, 5.41) is 0. The number of hydrogen-bond donors (Lipinski definition) is 1. The fourth-order valence-corrected chi connectivity index (χ4v) is 5.03. The third-order valence-corrected chi connectivity index (χ3v) is 7.10. The summed E-state index contributed by atoms with van der Waals surface area (Å²) < 4.78 is 11.4. The van der Waals surface area contributed by atoms with Crippen molar-refractivity contribution in [2.75, 3.05) is 40.0 Å². The number of aldehydes is 1. The molecule has 2 N–H and O–H groups in total. The van der Waals surface area contributed by atoms with Gasteiger partial charge in [-0.3, -0.25) is 14.5 Å². The van der Waals surface area contributed by atoms with E-state index in [0.29, 0.717) is 64.3 Å². The molecule has 9 nitrogen and oxygen atoms in total. The number of carbonyl (C=O) groups excluding carboxylic acids is 2. The summed E-state index contributed by atoms with van der Waals surface area (Å²) >= 11 is 0. The summed E-state index contributed by atoms with van der Waals surface area (Å²) in [6.07, 6.45) is 7.57. The van der Waals surface area contributed by atoms with Crippen LogP contribution in [0.15, 0.2) is 23.2 Å². The van der Waals surface area contributed by atoms with Crippen LogP contribution in [0.4, 0.5) is 5.69 Å². The van der Waals surface area contributed by atoms with E-state index in [1.807, 2.05) is 35.0 Å². The highest BCUT2D eigenvalue weighted by atomic mass is 16.5. The van der Waals surface area contributed by atoms with E-state index in [1.54, 1.807) is 0 Å². The zero-order valence-electron chi connectivity index (χ0n) is 20.2. The monoisotopic (exact) mass is 471 g/mol. The van der Waals surface area contributed by atoms with Gasteiger partial charge < -0.3 is 25.0 Å². The molecule has 1 saturated carbocycles. The molecule has 1 aromatic rings.